The molecule has 2 aromatic carbocycles. The van der Waals surface area contributed by atoms with Crippen molar-refractivity contribution >= 4 is 5.97 Å². The van der Waals surface area contributed by atoms with Crippen LogP contribution in [0.15, 0.2) is 42.5 Å². The van der Waals surface area contributed by atoms with Crippen LogP contribution in [0.4, 0.5) is 0 Å². The van der Waals surface area contributed by atoms with Crippen LogP contribution in [0.2, 0.25) is 0 Å². The summed E-state index contributed by atoms with van der Waals surface area (Å²) in [4.78, 5) is 11.6. The third kappa shape index (κ3) is 2.94. The van der Waals surface area contributed by atoms with E-state index < -0.39 is 0 Å². The van der Waals surface area contributed by atoms with E-state index in [-0.39, 0.29) is 11.7 Å². The molecule has 0 saturated carbocycles. The van der Waals surface area contributed by atoms with E-state index in [1.807, 2.05) is 31.2 Å². The Morgan fingerprint density at radius 1 is 1.16 bits per heavy atom. The lowest BCUT2D eigenvalue weighted by Gasteiger charge is -2.08. The number of rotatable bonds is 3. The van der Waals surface area contributed by atoms with E-state index >= 15 is 0 Å². The highest BCUT2D eigenvalue weighted by Gasteiger charge is 2.09. The summed E-state index contributed by atoms with van der Waals surface area (Å²) in [6.45, 7) is 4.11. The summed E-state index contributed by atoms with van der Waals surface area (Å²) >= 11 is 0. The van der Waals surface area contributed by atoms with Gasteiger partial charge in [-0.3, -0.25) is 0 Å². The van der Waals surface area contributed by atoms with Crippen LogP contribution in [0.3, 0.4) is 0 Å². The molecule has 0 aromatic heterocycles. The van der Waals surface area contributed by atoms with Crippen molar-refractivity contribution in [2.75, 3.05) is 6.61 Å². The number of hydrogen-bond acceptors (Lipinski definition) is 3. The van der Waals surface area contributed by atoms with Gasteiger partial charge in [-0.05, 0) is 54.8 Å². The van der Waals surface area contributed by atoms with Crippen LogP contribution in [0.25, 0.3) is 11.1 Å². The van der Waals surface area contributed by atoms with Gasteiger partial charge in [0.25, 0.3) is 0 Å². The molecule has 98 valence electrons. The van der Waals surface area contributed by atoms with Gasteiger partial charge in [0.15, 0.2) is 0 Å². The number of hydrogen-bond donors (Lipinski definition) is 1. The number of esters is 1. The number of ether oxygens (including phenoxy) is 1. The molecule has 19 heavy (non-hydrogen) atoms. The first-order valence-electron chi connectivity index (χ1n) is 6.19. The van der Waals surface area contributed by atoms with Crippen molar-refractivity contribution in [3.05, 3.63) is 53.6 Å². The van der Waals surface area contributed by atoms with Gasteiger partial charge in [0, 0.05) is 0 Å². The van der Waals surface area contributed by atoms with E-state index in [1.54, 1.807) is 25.1 Å². The van der Waals surface area contributed by atoms with Crippen molar-refractivity contribution in [1.29, 1.82) is 0 Å². The molecule has 0 unspecified atom stereocenters. The smallest absolute Gasteiger partial charge is 0.338 e. The van der Waals surface area contributed by atoms with Gasteiger partial charge in [-0.25, -0.2) is 4.79 Å². The van der Waals surface area contributed by atoms with Crippen LogP contribution in [0, 0.1) is 6.92 Å². The molecule has 0 saturated heterocycles. The van der Waals surface area contributed by atoms with Gasteiger partial charge in [-0.2, -0.15) is 0 Å². The summed E-state index contributed by atoms with van der Waals surface area (Å²) in [5, 5.41) is 9.29. The molecule has 0 spiro atoms. The summed E-state index contributed by atoms with van der Waals surface area (Å²) in [5.41, 5.74) is 3.59. The zero-order valence-corrected chi connectivity index (χ0v) is 11.0. The minimum atomic E-state index is -0.303. The summed E-state index contributed by atoms with van der Waals surface area (Å²) in [6, 6.07) is 12.5. The number of benzene rings is 2. The van der Waals surface area contributed by atoms with Gasteiger partial charge < -0.3 is 9.84 Å². The molecule has 1 N–H and O–H groups in total. The Balaban J connectivity index is 2.34. The molecule has 0 fully saturated rings. The first-order valence-corrected chi connectivity index (χ1v) is 6.19. The average Bonchev–Trinajstić information content (AvgIpc) is 2.40. The van der Waals surface area contributed by atoms with E-state index in [9.17, 15) is 9.90 Å². The molecule has 0 amide bonds. The average molecular weight is 256 g/mol. The quantitative estimate of drug-likeness (QED) is 0.854. The van der Waals surface area contributed by atoms with E-state index in [0.717, 1.165) is 16.7 Å². The zero-order chi connectivity index (χ0) is 13.8. The molecule has 0 aliphatic heterocycles. The molecule has 2 rings (SSSR count). The van der Waals surface area contributed by atoms with Crippen LogP contribution < -0.4 is 0 Å². The summed E-state index contributed by atoms with van der Waals surface area (Å²) in [7, 11) is 0. The topological polar surface area (TPSA) is 46.5 Å². The van der Waals surface area contributed by atoms with Crippen molar-refractivity contribution in [2.24, 2.45) is 0 Å². The largest absolute Gasteiger partial charge is 0.508 e. The highest BCUT2D eigenvalue weighted by atomic mass is 16.5. The molecule has 0 heterocycles. The van der Waals surface area contributed by atoms with Crippen LogP contribution >= 0.6 is 0 Å². The Morgan fingerprint density at radius 2 is 1.84 bits per heavy atom. The van der Waals surface area contributed by atoms with Crippen LogP contribution in [0.1, 0.15) is 22.8 Å². The maximum absolute atomic E-state index is 11.6. The summed E-state index contributed by atoms with van der Waals surface area (Å²) < 4.78 is 4.97. The molecule has 0 aliphatic rings. The van der Waals surface area contributed by atoms with Gasteiger partial charge in [0.1, 0.15) is 5.75 Å². The lowest BCUT2D eigenvalue weighted by Crippen LogP contribution is -2.04. The van der Waals surface area contributed by atoms with E-state index in [0.29, 0.717) is 12.2 Å². The molecular formula is C16H16O3. The van der Waals surface area contributed by atoms with E-state index in [1.165, 1.54) is 0 Å². The monoisotopic (exact) mass is 256 g/mol. The number of phenolic OH excluding ortho intramolecular Hbond substituents is 1. The number of aryl methyl sites for hydroxylation is 1. The number of carbonyl (C=O) groups excluding carboxylic acids is 1. The first kappa shape index (κ1) is 13.1. The van der Waals surface area contributed by atoms with Crippen molar-refractivity contribution in [3.8, 4) is 16.9 Å². The van der Waals surface area contributed by atoms with E-state index in [4.69, 9.17) is 4.74 Å². The Hall–Kier alpha value is -2.29. The predicted molar refractivity (Wildman–Crippen MR) is 74.2 cm³/mol. The highest BCUT2D eigenvalue weighted by Crippen LogP contribution is 2.26. The van der Waals surface area contributed by atoms with Gasteiger partial charge in [-0.15, -0.1) is 0 Å². The molecule has 0 radical (unpaired) electrons. The molecule has 3 heteroatoms. The predicted octanol–water partition coefficient (Wildman–Crippen LogP) is 3.54. The lowest BCUT2D eigenvalue weighted by molar-refractivity contribution is 0.0526. The van der Waals surface area contributed by atoms with Gasteiger partial charge in [0.05, 0.1) is 12.2 Å². The zero-order valence-electron chi connectivity index (χ0n) is 11.0. The second-order valence-corrected chi connectivity index (χ2v) is 4.30. The van der Waals surface area contributed by atoms with Crippen molar-refractivity contribution in [1.82, 2.24) is 0 Å². The fourth-order valence-corrected chi connectivity index (χ4v) is 1.97. The summed E-state index contributed by atoms with van der Waals surface area (Å²) in [6.07, 6.45) is 0. The second kappa shape index (κ2) is 5.57. The minimum absolute atomic E-state index is 0.240. The standard InChI is InChI=1S/C16H16O3/c1-3-19-16(18)13-6-9-15(11(2)10-13)12-4-7-14(17)8-5-12/h4-10,17H,3H2,1-2H3. The summed E-state index contributed by atoms with van der Waals surface area (Å²) in [5.74, 6) is -0.0626. The van der Waals surface area contributed by atoms with Gasteiger partial charge >= 0.3 is 5.97 Å². The lowest BCUT2D eigenvalue weighted by atomic mass is 9.98. The number of phenols is 1. The van der Waals surface area contributed by atoms with Crippen molar-refractivity contribution in [3.63, 3.8) is 0 Å². The molecule has 0 aliphatic carbocycles. The van der Waals surface area contributed by atoms with Crippen molar-refractivity contribution < 1.29 is 14.6 Å². The van der Waals surface area contributed by atoms with Crippen LogP contribution in [0.5, 0.6) is 5.75 Å². The number of aromatic hydroxyl groups is 1. The minimum Gasteiger partial charge on any atom is -0.508 e. The third-order valence-electron chi connectivity index (χ3n) is 2.92. The Kier molecular flexibility index (Phi) is 3.85. The Morgan fingerprint density at radius 3 is 2.42 bits per heavy atom. The molecular weight excluding hydrogens is 240 g/mol. The highest BCUT2D eigenvalue weighted by molar-refractivity contribution is 5.90. The molecule has 3 nitrogen and oxygen atoms in total. The maximum Gasteiger partial charge on any atom is 0.338 e. The molecule has 2 aromatic rings. The Labute approximate surface area is 112 Å². The Bertz CT molecular complexity index is 585. The first-order chi connectivity index (χ1) is 9.11. The SMILES string of the molecule is CCOC(=O)c1ccc(-c2ccc(O)cc2)c(C)c1. The van der Waals surface area contributed by atoms with E-state index in [2.05, 4.69) is 0 Å². The fourth-order valence-electron chi connectivity index (χ4n) is 1.97. The normalized spacial score (nSPS) is 10.2. The third-order valence-corrected chi connectivity index (χ3v) is 2.92. The fraction of sp³-hybridized carbons (Fsp3) is 0.188. The number of carbonyl (C=O) groups is 1. The second-order valence-electron chi connectivity index (χ2n) is 4.30. The van der Waals surface area contributed by atoms with Crippen molar-refractivity contribution in [2.45, 2.75) is 13.8 Å². The van der Waals surface area contributed by atoms with Crippen LogP contribution in [-0.2, 0) is 4.74 Å². The molecule has 0 atom stereocenters. The van der Waals surface area contributed by atoms with Gasteiger partial charge in [0.2, 0.25) is 0 Å². The van der Waals surface area contributed by atoms with Crippen LogP contribution in [-0.4, -0.2) is 17.7 Å². The molecule has 0 bridgehead atoms. The van der Waals surface area contributed by atoms with Gasteiger partial charge in [-0.1, -0.05) is 18.2 Å². The maximum atomic E-state index is 11.6.